The molecule has 0 saturated carbocycles. The molecule has 3 rings (SSSR count). The molecule has 0 unspecified atom stereocenters. The van der Waals surface area contributed by atoms with Gasteiger partial charge in [0.25, 0.3) is 5.91 Å². The molecule has 0 fully saturated rings. The van der Waals surface area contributed by atoms with Crippen molar-refractivity contribution >= 4 is 34.7 Å². The molecule has 0 heterocycles. The summed E-state index contributed by atoms with van der Waals surface area (Å²) >= 11 is 5.25. The average molecular weight is 419 g/mol. The van der Waals surface area contributed by atoms with Crippen LogP contribution in [0.25, 0.3) is 0 Å². The maximum absolute atomic E-state index is 12.7. The summed E-state index contributed by atoms with van der Waals surface area (Å²) in [6.07, 6.45) is 0.739. The Kier molecular flexibility index (Phi) is 7.29. The standard InChI is InChI=1S/C24H22N2O3S/c1-17(27)19-10-7-11-20(16-19)25-24(30)26-23(28)21-12-5-6-13-22(21)29-15-14-18-8-3-2-4-9-18/h2-13,16H,14-15H2,1H3,(H2,25,26,28,30). The molecule has 0 aliphatic carbocycles. The molecular formula is C24H22N2O3S. The molecule has 0 saturated heterocycles. The Morgan fingerprint density at radius 3 is 2.43 bits per heavy atom. The van der Waals surface area contributed by atoms with Gasteiger partial charge in [0.15, 0.2) is 10.9 Å². The van der Waals surface area contributed by atoms with Gasteiger partial charge >= 0.3 is 0 Å². The molecule has 2 N–H and O–H groups in total. The maximum Gasteiger partial charge on any atom is 0.261 e. The minimum Gasteiger partial charge on any atom is -0.492 e. The molecule has 0 aromatic heterocycles. The highest BCUT2D eigenvalue weighted by atomic mass is 32.1. The van der Waals surface area contributed by atoms with E-state index in [0.717, 1.165) is 12.0 Å². The van der Waals surface area contributed by atoms with E-state index in [1.165, 1.54) is 6.92 Å². The molecule has 0 radical (unpaired) electrons. The van der Waals surface area contributed by atoms with Gasteiger partial charge in [-0.15, -0.1) is 0 Å². The first-order chi connectivity index (χ1) is 14.5. The minimum atomic E-state index is -0.370. The molecule has 30 heavy (non-hydrogen) atoms. The number of rotatable bonds is 7. The number of benzene rings is 3. The van der Waals surface area contributed by atoms with E-state index >= 15 is 0 Å². The lowest BCUT2D eigenvalue weighted by Crippen LogP contribution is -2.34. The highest BCUT2D eigenvalue weighted by Crippen LogP contribution is 2.18. The van der Waals surface area contributed by atoms with Crippen molar-refractivity contribution in [1.82, 2.24) is 5.32 Å². The predicted molar refractivity (Wildman–Crippen MR) is 122 cm³/mol. The highest BCUT2D eigenvalue weighted by Gasteiger charge is 2.14. The monoisotopic (exact) mass is 418 g/mol. The lowest BCUT2D eigenvalue weighted by atomic mass is 10.1. The van der Waals surface area contributed by atoms with Gasteiger partial charge in [-0.25, -0.2) is 0 Å². The number of anilines is 1. The van der Waals surface area contributed by atoms with Crippen molar-refractivity contribution in [2.45, 2.75) is 13.3 Å². The zero-order valence-electron chi connectivity index (χ0n) is 16.6. The Balaban J connectivity index is 1.60. The van der Waals surface area contributed by atoms with Gasteiger partial charge in [-0.1, -0.05) is 54.6 Å². The summed E-state index contributed by atoms with van der Waals surface area (Å²) in [6, 6.07) is 24.0. The van der Waals surface area contributed by atoms with Crippen molar-refractivity contribution in [3.05, 3.63) is 95.6 Å². The first-order valence-electron chi connectivity index (χ1n) is 9.52. The molecule has 1 amide bonds. The Morgan fingerprint density at radius 2 is 1.67 bits per heavy atom. The van der Waals surface area contributed by atoms with Crippen molar-refractivity contribution in [2.75, 3.05) is 11.9 Å². The number of para-hydroxylation sites is 1. The third-order valence-corrected chi connectivity index (χ3v) is 4.58. The zero-order valence-corrected chi connectivity index (χ0v) is 17.4. The van der Waals surface area contributed by atoms with Gasteiger partial charge in [0.1, 0.15) is 5.75 Å². The molecule has 0 spiro atoms. The molecular weight excluding hydrogens is 396 g/mol. The molecule has 3 aromatic rings. The topological polar surface area (TPSA) is 67.4 Å². The van der Waals surface area contributed by atoms with E-state index < -0.39 is 0 Å². The van der Waals surface area contributed by atoms with Crippen LogP contribution in [0.3, 0.4) is 0 Å². The van der Waals surface area contributed by atoms with E-state index in [2.05, 4.69) is 10.6 Å². The van der Waals surface area contributed by atoms with Crippen LogP contribution in [0.4, 0.5) is 5.69 Å². The molecule has 5 nitrogen and oxygen atoms in total. The number of hydrogen-bond donors (Lipinski definition) is 2. The van der Waals surface area contributed by atoms with Crippen molar-refractivity contribution in [3.8, 4) is 5.75 Å². The molecule has 0 atom stereocenters. The smallest absolute Gasteiger partial charge is 0.261 e. The van der Waals surface area contributed by atoms with Crippen molar-refractivity contribution in [3.63, 3.8) is 0 Å². The SMILES string of the molecule is CC(=O)c1cccc(NC(=S)NC(=O)c2ccccc2OCCc2ccccc2)c1. The predicted octanol–water partition coefficient (Wildman–Crippen LogP) is 4.64. The van der Waals surface area contributed by atoms with Crippen LogP contribution in [0.5, 0.6) is 5.75 Å². The van der Waals surface area contributed by atoms with Crippen molar-refractivity contribution in [2.24, 2.45) is 0 Å². The number of ether oxygens (including phenoxy) is 1. The molecule has 0 bridgehead atoms. The summed E-state index contributed by atoms with van der Waals surface area (Å²) < 4.78 is 5.84. The summed E-state index contributed by atoms with van der Waals surface area (Å²) in [4.78, 5) is 24.2. The second-order valence-corrected chi connectivity index (χ2v) is 7.03. The van der Waals surface area contributed by atoms with Crippen LogP contribution in [-0.2, 0) is 6.42 Å². The van der Waals surface area contributed by atoms with Gasteiger partial charge in [0.05, 0.1) is 12.2 Å². The van der Waals surface area contributed by atoms with Gasteiger partial charge in [-0.3, -0.25) is 14.9 Å². The van der Waals surface area contributed by atoms with Crippen molar-refractivity contribution < 1.29 is 14.3 Å². The summed E-state index contributed by atoms with van der Waals surface area (Å²) in [7, 11) is 0. The number of carbonyl (C=O) groups is 2. The van der Waals surface area contributed by atoms with Crippen LogP contribution < -0.4 is 15.4 Å². The van der Waals surface area contributed by atoms with E-state index in [4.69, 9.17) is 17.0 Å². The summed E-state index contributed by atoms with van der Waals surface area (Å²) in [5, 5.41) is 5.73. The third kappa shape index (κ3) is 5.99. The van der Waals surface area contributed by atoms with Crippen LogP contribution in [0.1, 0.15) is 33.2 Å². The number of Topliss-reactive ketones (excluding diaryl/α,β-unsaturated/α-hetero) is 1. The highest BCUT2D eigenvalue weighted by molar-refractivity contribution is 7.80. The van der Waals surface area contributed by atoms with Gasteiger partial charge in [-0.2, -0.15) is 0 Å². The Bertz CT molecular complexity index is 1050. The second-order valence-electron chi connectivity index (χ2n) is 6.63. The zero-order chi connectivity index (χ0) is 21.3. The first kappa shape index (κ1) is 21.2. The van der Waals surface area contributed by atoms with Gasteiger partial charge in [-0.05, 0) is 49.0 Å². The summed E-state index contributed by atoms with van der Waals surface area (Å²) in [5.74, 6) is 0.0769. The molecule has 0 aliphatic rings. The Morgan fingerprint density at radius 1 is 0.933 bits per heavy atom. The van der Waals surface area contributed by atoms with Crippen LogP contribution in [-0.4, -0.2) is 23.4 Å². The molecule has 0 aliphatic heterocycles. The quantitative estimate of drug-likeness (QED) is 0.432. The Hall–Kier alpha value is -3.51. The maximum atomic E-state index is 12.7. The van der Waals surface area contributed by atoms with E-state index in [1.807, 2.05) is 36.4 Å². The van der Waals surface area contributed by atoms with Gasteiger partial charge in [0, 0.05) is 17.7 Å². The van der Waals surface area contributed by atoms with Crippen LogP contribution in [0.15, 0.2) is 78.9 Å². The van der Waals surface area contributed by atoms with Crippen LogP contribution in [0, 0.1) is 0 Å². The Labute approximate surface area is 181 Å². The number of hydrogen-bond acceptors (Lipinski definition) is 4. The fraction of sp³-hybridized carbons (Fsp3) is 0.125. The lowest BCUT2D eigenvalue weighted by Gasteiger charge is -2.13. The van der Waals surface area contributed by atoms with Crippen LogP contribution >= 0.6 is 12.2 Å². The average Bonchev–Trinajstić information content (AvgIpc) is 2.75. The molecule has 3 aromatic carbocycles. The third-order valence-electron chi connectivity index (χ3n) is 4.38. The number of amides is 1. The van der Waals surface area contributed by atoms with E-state index in [9.17, 15) is 9.59 Å². The first-order valence-corrected chi connectivity index (χ1v) is 9.93. The molecule has 6 heteroatoms. The lowest BCUT2D eigenvalue weighted by molar-refractivity contribution is 0.0972. The van der Waals surface area contributed by atoms with Crippen molar-refractivity contribution in [1.29, 1.82) is 0 Å². The largest absolute Gasteiger partial charge is 0.492 e. The fourth-order valence-corrected chi connectivity index (χ4v) is 3.06. The van der Waals surface area contributed by atoms with Crippen LogP contribution in [0.2, 0.25) is 0 Å². The number of nitrogens with one attached hydrogen (secondary N) is 2. The van der Waals surface area contributed by atoms with E-state index in [1.54, 1.807) is 42.5 Å². The second kappa shape index (κ2) is 10.3. The summed E-state index contributed by atoms with van der Waals surface area (Å²) in [6.45, 7) is 1.95. The summed E-state index contributed by atoms with van der Waals surface area (Å²) in [5.41, 5.74) is 2.75. The normalized spacial score (nSPS) is 10.2. The van der Waals surface area contributed by atoms with Gasteiger partial charge in [0.2, 0.25) is 0 Å². The number of thiocarbonyl (C=S) groups is 1. The van der Waals surface area contributed by atoms with Gasteiger partial charge < -0.3 is 10.1 Å². The fourth-order valence-electron chi connectivity index (χ4n) is 2.85. The number of carbonyl (C=O) groups excluding carboxylic acids is 2. The van der Waals surface area contributed by atoms with E-state index in [-0.39, 0.29) is 16.8 Å². The number of ketones is 1. The van der Waals surface area contributed by atoms with E-state index in [0.29, 0.717) is 29.2 Å². The molecule has 152 valence electrons. The minimum absolute atomic E-state index is 0.0461.